The van der Waals surface area contributed by atoms with E-state index < -0.39 is 0 Å². The Kier molecular flexibility index (Phi) is 6.51. The van der Waals surface area contributed by atoms with Crippen molar-refractivity contribution in [2.45, 2.75) is 13.5 Å². The second-order valence-electron chi connectivity index (χ2n) is 5.55. The van der Waals surface area contributed by atoms with Gasteiger partial charge < -0.3 is 15.0 Å². The Hall–Kier alpha value is -2.89. The number of nitrogens with one attached hydrogen (secondary N) is 1. The number of carbonyl (C=O) groups excluding carboxylic acids is 2. The number of hydrogen-bond donors (Lipinski definition) is 1. The molecule has 0 radical (unpaired) electrons. The van der Waals surface area contributed by atoms with E-state index in [0.29, 0.717) is 30.9 Å². The first-order chi connectivity index (χ1) is 12.0. The molecule has 2 rings (SSSR count). The van der Waals surface area contributed by atoms with E-state index in [1.807, 2.05) is 0 Å². The molecule has 1 N–H and O–H groups in total. The van der Waals surface area contributed by atoms with Crippen molar-refractivity contribution in [1.82, 2.24) is 10.2 Å². The maximum Gasteiger partial charge on any atom is 0.251 e. The van der Waals surface area contributed by atoms with E-state index in [2.05, 4.69) is 5.32 Å². The molecular weight excluding hydrogens is 323 g/mol. The number of hydrogen-bond acceptors (Lipinski definition) is 3. The summed E-state index contributed by atoms with van der Waals surface area (Å²) in [5, 5.41) is 2.78. The molecule has 6 heteroatoms. The predicted molar refractivity (Wildman–Crippen MR) is 92.8 cm³/mol. The lowest BCUT2D eigenvalue weighted by molar-refractivity contribution is -0.129. The van der Waals surface area contributed by atoms with Crippen molar-refractivity contribution in [3.8, 4) is 5.75 Å². The number of amides is 2. The highest BCUT2D eigenvalue weighted by atomic mass is 19.1. The summed E-state index contributed by atoms with van der Waals surface area (Å²) in [6.45, 7) is 2.51. The van der Waals surface area contributed by atoms with Crippen LogP contribution in [-0.2, 0) is 11.3 Å². The van der Waals surface area contributed by atoms with E-state index in [4.69, 9.17) is 4.74 Å². The summed E-state index contributed by atoms with van der Waals surface area (Å²) in [6.07, 6.45) is 0. The van der Waals surface area contributed by atoms with Gasteiger partial charge in [0.1, 0.15) is 11.6 Å². The first-order valence-electron chi connectivity index (χ1n) is 7.92. The van der Waals surface area contributed by atoms with Crippen molar-refractivity contribution in [2.75, 3.05) is 20.2 Å². The number of nitrogens with zero attached hydrogens (tertiary/aromatic N) is 1. The van der Waals surface area contributed by atoms with Gasteiger partial charge in [-0.25, -0.2) is 4.39 Å². The fraction of sp³-hybridized carbons (Fsp3) is 0.263. The molecule has 0 atom stereocenters. The van der Waals surface area contributed by atoms with E-state index in [-0.39, 0.29) is 17.6 Å². The summed E-state index contributed by atoms with van der Waals surface area (Å²) in [4.78, 5) is 25.5. The molecule has 2 amide bonds. The van der Waals surface area contributed by atoms with Crippen molar-refractivity contribution < 1.29 is 18.7 Å². The van der Waals surface area contributed by atoms with Crippen molar-refractivity contribution in [3.63, 3.8) is 0 Å². The number of carbonyl (C=O) groups is 2. The average Bonchev–Trinajstić information content (AvgIpc) is 2.62. The highest BCUT2D eigenvalue weighted by molar-refractivity contribution is 5.94. The van der Waals surface area contributed by atoms with Gasteiger partial charge in [-0.1, -0.05) is 18.2 Å². The van der Waals surface area contributed by atoms with Crippen LogP contribution < -0.4 is 10.1 Å². The minimum absolute atomic E-state index is 0.111. The summed E-state index contributed by atoms with van der Waals surface area (Å²) in [5.74, 6) is -0.0536. The molecule has 5 nitrogen and oxygen atoms in total. The molecule has 0 unspecified atom stereocenters. The molecule has 0 bridgehead atoms. The van der Waals surface area contributed by atoms with Gasteiger partial charge in [0.05, 0.1) is 7.11 Å². The van der Waals surface area contributed by atoms with Crippen molar-refractivity contribution >= 4 is 11.8 Å². The third-order valence-electron chi connectivity index (χ3n) is 3.73. The van der Waals surface area contributed by atoms with Gasteiger partial charge in [-0.3, -0.25) is 9.59 Å². The van der Waals surface area contributed by atoms with Crippen molar-refractivity contribution in [2.24, 2.45) is 0 Å². The van der Waals surface area contributed by atoms with E-state index in [9.17, 15) is 14.0 Å². The fourth-order valence-corrected chi connectivity index (χ4v) is 2.33. The molecule has 0 fully saturated rings. The van der Waals surface area contributed by atoms with Gasteiger partial charge in [-0.15, -0.1) is 0 Å². The molecule has 2 aromatic carbocycles. The SMILES string of the molecule is COc1cccc(C(=O)NCCN(Cc2ccc(F)cc2)C(C)=O)c1. The van der Waals surface area contributed by atoms with Crippen LogP contribution in [0.2, 0.25) is 0 Å². The highest BCUT2D eigenvalue weighted by Crippen LogP contribution is 2.12. The minimum atomic E-state index is -0.316. The Labute approximate surface area is 146 Å². The quantitative estimate of drug-likeness (QED) is 0.840. The van der Waals surface area contributed by atoms with E-state index in [1.165, 1.54) is 26.2 Å². The third-order valence-corrected chi connectivity index (χ3v) is 3.73. The van der Waals surface area contributed by atoms with Crippen LogP contribution in [0, 0.1) is 5.82 Å². The molecule has 0 spiro atoms. The normalized spacial score (nSPS) is 10.2. The van der Waals surface area contributed by atoms with E-state index in [0.717, 1.165) is 5.56 Å². The average molecular weight is 344 g/mol. The van der Waals surface area contributed by atoms with Gasteiger partial charge in [-0.2, -0.15) is 0 Å². The van der Waals surface area contributed by atoms with Crippen LogP contribution in [0.25, 0.3) is 0 Å². The topological polar surface area (TPSA) is 58.6 Å². The van der Waals surface area contributed by atoms with Gasteiger partial charge in [-0.05, 0) is 35.9 Å². The third kappa shape index (κ3) is 5.60. The lowest BCUT2D eigenvalue weighted by Crippen LogP contribution is -2.37. The Bertz CT molecular complexity index is 732. The summed E-state index contributed by atoms with van der Waals surface area (Å²) in [6, 6.07) is 12.8. The smallest absolute Gasteiger partial charge is 0.251 e. The molecule has 132 valence electrons. The van der Waals surface area contributed by atoms with Crippen LogP contribution in [0.4, 0.5) is 4.39 Å². The number of rotatable bonds is 7. The first-order valence-corrected chi connectivity index (χ1v) is 7.92. The molecule has 2 aromatic rings. The number of benzene rings is 2. The van der Waals surface area contributed by atoms with Crippen LogP contribution in [0.1, 0.15) is 22.8 Å². The molecular formula is C19H21FN2O3. The van der Waals surface area contributed by atoms with Crippen LogP contribution in [0.3, 0.4) is 0 Å². The van der Waals surface area contributed by atoms with Crippen molar-refractivity contribution in [1.29, 1.82) is 0 Å². The predicted octanol–water partition coefficient (Wildman–Crippen LogP) is 2.61. The molecule has 25 heavy (non-hydrogen) atoms. The lowest BCUT2D eigenvalue weighted by atomic mass is 10.2. The van der Waals surface area contributed by atoms with Gasteiger partial charge >= 0.3 is 0 Å². The molecule has 0 aliphatic rings. The van der Waals surface area contributed by atoms with Gasteiger partial charge in [0, 0.05) is 32.1 Å². The van der Waals surface area contributed by atoms with Crippen LogP contribution in [0.5, 0.6) is 5.75 Å². The number of methoxy groups -OCH3 is 1. The molecule has 0 saturated heterocycles. The molecule has 0 aliphatic heterocycles. The molecule has 0 aliphatic carbocycles. The first kappa shape index (κ1) is 18.4. The summed E-state index contributed by atoms with van der Waals surface area (Å²) in [5.41, 5.74) is 1.32. The van der Waals surface area contributed by atoms with Crippen LogP contribution in [0.15, 0.2) is 48.5 Å². The zero-order chi connectivity index (χ0) is 18.2. The van der Waals surface area contributed by atoms with Crippen molar-refractivity contribution in [3.05, 3.63) is 65.5 Å². The Morgan fingerprint density at radius 1 is 1.16 bits per heavy atom. The van der Waals surface area contributed by atoms with Gasteiger partial charge in [0.15, 0.2) is 0 Å². The van der Waals surface area contributed by atoms with E-state index in [1.54, 1.807) is 41.3 Å². The zero-order valence-corrected chi connectivity index (χ0v) is 14.3. The molecule has 0 saturated carbocycles. The Morgan fingerprint density at radius 3 is 2.52 bits per heavy atom. The monoisotopic (exact) mass is 344 g/mol. The maximum atomic E-state index is 13.0. The second-order valence-corrected chi connectivity index (χ2v) is 5.55. The van der Waals surface area contributed by atoms with Crippen LogP contribution in [-0.4, -0.2) is 36.9 Å². The van der Waals surface area contributed by atoms with Crippen LogP contribution >= 0.6 is 0 Å². The zero-order valence-electron chi connectivity index (χ0n) is 14.3. The lowest BCUT2D eigenvalue weighted by Gasteiger charge is -2.21. The highest BCUT2D eigenvalue weighted by Gasteiger charge is 2.11. The number of halogens is 1. The summed E-state index contributed by atoms with van der Waals surface area (Å²) >= 11 is 0. The maximum absolute atomic E-state index is 13.0. The van der Waals surface area contributed by atoms with E-state index >= 15 is 0 Å². The standard InChI is InChI=1S/C19H21FN2O3/c1-14(23)22(13-15-6-8-17(20)9-7-15)11-10-21-19(24)16-4-3-5-18(12-16)25-2/h3-9,12H,10-11,13H2,1-2H3,(H,21,24). The summed E-state index contributed by atoms with van der Waals surface area (Å²) < 4.78 is 18.0. The molecule has 0 aromatic heterocycles. The van der Waals surface area contributed by atoms with Gasteiger partial charge in [0.2, 0.25) is 5.91 Å². The summed E-state index contributed by atoms with van der Waals surface area (Å²) in [7, 11) is 1.54. The molecule has 0 heterocycles. The Balaban J connectivity index is 1.89. The fourth-order valence-electron chi connectivity index (χ4n) is 2.33. The van der Waals surface area contributed by atoms with Gasteiger partial charge in [0.25, 0.3) is 5.91 Å². The Morgan fingerprint density at radius 2 is 1.88 bits per heavy atom. The minimum Gasteiger partial charge on any atom is -0.497 e. The number of ether oxygens (including phenoxy) is 1. The second kappa shape index (κ2) is 8.82. The largest absolute Gasteiger partial charge is 0.497 e.